The molecule has 0 bridgehead atoms. The molecule has 0 radical (unpaired) electrons. The molecule has 1 saturated heterocycles. The van der Waals surface area contributed by atoms with E-state index in [1.54, 1.807) is 6.20 Å². The van der Waals surface area contributed by atoms with Gasteiger partial charge in [-0.2, -0.15) is 0 Å². The minimum atomic E-state index is -2.91. The minimum Gasteiger partial charge on any atom is -0.445 e. The molecule has 246 valence electrons. The van der Waals surface area contributed by atoms with Crippen molar-refractivity contribution in [2.24, 2.45) is 5.92 Å². The number of ether oxygens (including phenoxy) is 1. The number of nitrogens with one attached hydrogen (secondary N) is 2. The largest absolute Gasteiger partial charge is 0.445 e. The maximum absolute atomic E-state index is 13.1. The molecule has 1 aliphatic heterocycles. The average molecular weight is 664 g/mol. The summed E-state index contributed by atoms with van der Waals surface area (Å²) in [6.07, 6.45) is 5.57. The van der Waals surface area contributed by atoms with E-state index in [1.807, 2.05) is 43.3 Å². The molecular formula is C35H45N3O6SSi. The molecule has 3 aromatic rings. The number of alkyl carbamates (subject to hydrolysis) is 1. The molecule has 2 heterocycles. The van der Waals surface area contributed by atoms with E-state index >= 15 is 0 Å². The Morgan fingerprint density at radius 2 is 1.59 bits per heavy atom. The van der Waals surface area contributed by atoms with Gasteiger partial charge in [0.15, 0.2) is 0 Å². The van der Waals surface area contributed by atoms with Crippen molar-refractivity contribution in [2.75, 3.05) is 6.61 Å². The lowest BCUT2D eigenvalue weighted by Crippen LogP contribution is -2.67. The summed E-state index contributed by atoms with van der Waals surface area (Å²) in [7, 11) is -2.91. The number of aryl methyl sites for hydroxylation is 1. The van der Waals surface area contributed by atoms with Gasteiger partial charge in [-0.1, -0.05) is 108 Å². The van der Waals surface area contributed by atoms with Crippen molar-refractivity contribution in [3.05, 3.63) is 93.3 Å². The lowest BCUT2D eigenvalue weighted by atomic mass is 9.89. The van der Waals surface area contributed by atoms with Gasteiger partial charge < -0.3 is 9.16 Å². The molecule has 1 aromatic heterocycles. The maximum Gasteiger partial charge on any atom is 0.414 e. The highest BCUT2D eigenvalue weighted by Gasteiger charge is 2.51. The van der Waals surface area contributed by atoms with Crippen LogP contribution in [0.25, 0.3) is 0 Å². The highest BCUT2D eigenvalue weighted by Crippen LogP contribution is 2.44. The van der Waals surface area contributed by atoms with E-state index in [0.717, 1.165) is 42.5 Å². The fourth-order valence-corrected chi connectivity index (χ4v) is 13.0. The molecule has 11 heteroatoms. The van der Waals surface area contributed by atoms with Crippen molar-refractivity contribution in [3.63, 3.8) is 0 Å². The first-order chi connectivity index (χ1) is 22.0. The van der Waals surface area contributed by atoms with E-state index in [-0.39, 0.29) is 28.7 Å². The van der Waals surface area contributed by atoms with E-state index in [1.165, 1.54) is 16.3 Å². The Morgan fingerprint density at radius 3 is 2.15 bits per heavy atom. The zero-order valence-corrected chi connectivity index (χ0v) is 28.9. The number of thioether (sulfide) groups is 1. The van der Waals surface area contributed by atoms with Crippen LogP contribution in [-0.4, -0.2) is 47.8 Å². The van der Waals surface area contributed by atoms with Crippen molar-refractivity contribution >= 4 is 42.5 Å². The molecular weight excluding hydrogens is 619 g/mol. The number of carbonyl (C=O) groups is 2. The number of hydrogen-bond acceptors (Lipinski definition) is 7. The molecule has 2 fully saturated rings. The first-order valence-corrected chi connectivity index (χ1v) is 19.1. The fraction of sp³-hybridized carbons (Fsp3) is 0.486. The van der Waals surface area contributed by atoms with Gasteiger partial charge in [0.05, 0.1) is 17.2 Å². The number of benzene rings is 2. The SMILES string of the molecule is CCc1cn([C@H]2C[C@H](OC(=O)NC(=O)C3CCCCC3)[C@@H](CO[Si](c3ccccc3)(c3ccccc3)C(C)(C)C)S2)c(=O)[nH]c1=O. The molecule has 0 spiro atoms. The van der Waals surface area contributed by atoms with Gasteiger partial charge in [-0.3, -0.25) is 24.5 Å². The predicted molar refractivity (Wildman–Crippen MR) is 184 cm³/mol. The highest BCUT2D eigenvalue weighted by atomic mass is 32.2. The first kappa shape index (κ1) is 33.9. The van der Waals surface area contributed by atoms with E-state index in [4.69, 9.17) is 9.16 Å². The van der Waals surface area contributed by atoms with Crippen molar-refractivity contribution in [2.45, 2.75) is 94.4 Å². The van der Waals surface area contributed by atoms with Gasteiger partial charge in [0.2, 0.25) is 5.91 Å². The summed E-state index contributed by atoms with van der Waals surface area (Å²) in [4.78, 5) is 53.7. The Labute approximate surface area is 275 Å². The summed E-state index contributed by atoms with van der Waals surface area (Å²) in [6, 6.07) is 20.6. The van der Waals surface area contributed by atoms with Crippen LogP contribution in [0.1, 0.15) is 77.2 Å². The van der Waals surface area contributed by atoms with Crippen LogP contribution >= 0.6 is 11.8 Å². The normalized spacial score (nSPS) is 20.7. The van der Waals surface area contributed by atoms with Crippen LogP contribution < -0.4 is 26.9 Å². The molecule has 46 heavy (non-hydrogen) atoms. The van der Waals surface area contributed by atoms with Crippen LogP contribution in [0, 0.1) is 5.92 Å². The fourth-order valence-electron chi connectivity index (χ4n) is 6.84. The van der Waals surface area contributed by atoms with Crippen LogP contribution in [0.15, 0.2) is 76.4 Å². The van der Waals surface area contributed by atoms with E-state index in [2.05, 4.69) is 55.3 Å². The highest BCUT2D eigenvalue weighted by molar-refractivity contribution is 8.00. The topological polar surface area (TPSA) is 119 Å². The van der Waals surface area contributed by atoms with Crippen LogP contribution in [0.2, 0.25) is 5.04 Å². The monoisotopic (exact) mass is 663 g/mol. The number of H-pyrrole nitrogens is 1. The Balaban J connectivity index is 1.45. The summed E-state index contributed by atoms with van der Waals surface area (Å²) >= 11 is 1.49. The van der Waals surface area contributed by atoms with Gasteiger partial charge in [-0.15, -0.1) is 11.8 Å². The average Bonchev–Trinajstić information content (AvgIpc) is 3.44. The smallest absolute Gasteiger partial charge is 0.414 e. The van der Waals surface area contributed by atoms with E-state index < -0.39 is 37.1 Å². The third-order valence-electron chi connectivity index (χ3n) is 9.25. The number of imide groups is 1. The molecule has 1 aliphatic carbocycles. The van der Waals surface area contributed by atoms with Crippen LogP contribution in [0.3, 0.4) is 0 Å². The van der Waals surface area contributed by atoms with E-state index in [9.17, 15) is 19.2 Å². The zero-order chi connectivity index (χ0) is 32.9. The van der Waals surface area contributed by atoms with Crippen LogP contribution in [-0.2, 0) is 20.4 Å². The molecule has 2 N–H and O–H groups in total. The van der Waals surface area contributed by atoms with Gasteiger partial charge >= 0.3 is 11.8 Å². The minimum absolute atomic E-state index is 0.187. The zero-order valence-electron chi connectivity index (χ0n) is 27.1. The summed E-state index contributed by atoms with van der Waals surface area (Å²) in [6.45, 7) is 8.72. The predicted octanol–water partition coefficient (Wildman–Crippen LogP) is 4.88. The van der Waals surface area contributed by atoms with Crippen molar-refractivity contribution in [1.82, 2.24) is 14.9 Å². The summed E-state index contributed by atoms with van der Waals surface area (Å²) < 4.78 is 14.7. The molecule has 3 atom stereocenters. The maximum atomic E-state index is 13.1. The second-order valence-electron chi connectivity index (χ2n) is 13.3. The Hall–Kier alpha value is -3.41. The van der Waals surface area contributed by atoms with Crippen LogP contribution in [0.4, 0.5) is 4.79 Å². The Morgan fingerprint density at radius 1 is 0.978 bits per heavy atom. The Bertz CT molecular complexity index is 1580. The van der Waals surface area contributed by atoms with Gasteiger partial charge in [-0.25, -0.2) is 9.59 Å². The molecule has 2 aromatic carbocycles. The number of nitrogens with zero attached hydrogens (tertiary/aromatic N) is 1. The summed E-state index contributed by atoms with van der Waals surface area (Å²) in [5.74, 6) is -0.482. The lowest BCUT2D eigenvalue weighted by Gasteiger charge is -2.43. The van der Waals surface area contributed by atoms with Crippen molar-refractivity contribution in [1.29, 1.82) is 0 Å². The summed E-state index contributed by atoms with van der Waals surface area (Å²) in [5.41, 5.74) is -0.406. The van der Waals surface area contributed by atoms with Gasteiger partial charge in [-0.05, 0) is 34.7 Å². The van der Waals surface area contributed by atoms with E-state index in [0.29, 0.717) is 18.4 Å². The number of aromatic nitrogens is 2. The standard InChI is InChI=1S/C35H45N3O6SSi/c1-5-24-22-38(33(41)36-31(24)39)30-21-28(44-34(42)37-32(40)25-15-9-6-10-16-25)29(45-30)23-43-46(35(2,3)4,26-17-11-7-12-18-26)27-19-13-8-14-20-27/h7-8,11-14,17-20,22,25,28-30H,5-6,9-10,15-16,21,23H2,1-4H3,(H,36,39,41)(H,37,40,42)/t28-,29+,30+/m0/s1. The third-order valence-corrected chi connectivity index (χ3v) is 15.8. The van der Waals surface area contributed by atoms with Gasteiger partial charge in [0, 0.05) is 24.1 Å². The quantitative estimate of drug-likeness (QED) is 0.313. The molecule has 0 unspecified atom stereocenters. The second-order valence-corrected chi connectivity index (χ2v) is 19.0. The Kier molecular flexibility index (Phi) is 10.7. The van der Waals surface area contributed by atoms with Gasteiger partial charge in [0.1, 0.15) is 6.10 Å². The number of carbonyl (C=O) groups excluding carboxylic acids is 2. The number of amides is 2. The third kappa shape index (κ3) is 7.26. The van der Waals surface area contributed by atoms with Gasteiger partial charge in [0.25, 0.3) is 13.9 Å². The lowest BCUT2D eigenvalue weighted by molar-refractivity contribution is -0.125. The molecule has 5 rings (SSSR count). The number of hydrogen-bond donors (Lipinski definition) is 2. The number of aromatic amines is 1. The molecule has 2 amide bonds. The van der Waals surface area contributed by atoms with Crippen molar-refractivity contribution in [3.8, 4) is 0 Å². The summed E-state index contributed by atoms with van der Waals surface area (Å²) in [5, 5.41) is 3.73. The van der Waals surface area contributed by atoms with Crippen LogP contribution in [0.5, 0.6) is 0 Å². The second kappa shape index (κ2) is 14.6. The first-order valence-electron chi connectivity index (χ1n) is 16.3. The molecule has 2 aliphatic rings. The number of rotatable bonds is 9. The van der Waals surface area contributed by atoms with Crippen molar-refractivity contribution < 1.29 is 18.8 Å². The molecule has 9 nitrogen and oxygen atoms in total. The molecule has 1 saturated carbocycles.